The topological polar surface area (TPSA) is 117 Å². The smallest absolute Gasteiger partial charge is 0.255 e. The average Bonchev–Trinajstić information content (AvgIpc) is 3.03. The van der Waals surface area contributed by atoms with E-state index in [1.54, 1.807) is 18.3 Å². The summed E-state index contributed by atoms with van der Waals surface area (Å²) in [7, 11) is -4.06. The third kappa shape index (κ3) is 4.91. The molecule has 1 heterocycles. The number of hydrogen-bond acceptors (Lipinski definition) is 6. The van der Waals surface area contributed by atoms with Crippen LogP contribution >= 0.6 is 11.6 Å². The van der Waals surface area contributed by atoms with E-state index in [-0.39, 0.29) is 39.9 Å². The Hall–Kier alpha value is -2.92. The van der Waals surface area contributed by atoms with Crippen molar-refractivity contribution in [1.29, 1.82) is 0 Å². The second kappa shape index (κ2) is 10.5. The second-order valence-corrected chi connectivity index (χ2v) is 13.5. The molecule has 3 aromatic rings. The van der Waals surface area contributed by atoms with E-state index in [0.717, 1.165) is 17.7 Å². The van der Waals surface area contributed by atoms with Crippen LogP contribution in [0, 0.1) is 36.3 Å². The summed E-state index contributed by atoms with van der Waals surface area (Å²) in [5.41, 5.74) is -0.323. The van der Waals surface area contributed by atoms with E-state index < -0.39 is 56.2 Å². The van der Waals surface area contributed by atoms with Crippen LogP contribution in [0.25, 0.3) is 0 Å². The Labute approximate surface area is 236 Å². The molecule has 2 saturated carbocycles. The Bertz CT molecular complexity index is 1570. The van der Waals surface area contributed by atoms with Crippen LogP contribution in [0.15, 0.2) is 59.6 Å². The molecule has 0 aliphatic heterocycles. The molecule has 212 valence electrons. The fourth-order valence-corrected chi connectivity index (χ4v) is 8.72. The van der Waals surface area contributed by atoms with Crippen LogP contribution < -0.4 is 5.32 Å². The number of fused-ring (bicyclic) bond motifs is 2. The van der Waals surface area contributed by atoms with Gasteiger partial charge in [-0.15, -0.1) is 0 Å². The number of hydrogen-bond donors (Lipinski definition) is 3. The number of aromatic nitrogens is 1. The fourth-order valence-electron chi connectivity index (χ4n) is 6.34. The number of nitrogens with one attached hydrogen (secondary N) is 1. The lowest BCUT2D eigenvalue weighted by molar-refractivity contribution is -0.149. The first-order valence-electron chi connectivity index (χ1n) is 12.9. The molecule has 0 radical (unpaired) electrons. The molecule has 1 amide bonds. The molecule has 5 rings (SSSR count). The van der Waals surface area contributed by atoms with Crippen LogP contribution in [-0.2, 0) is 9.84 Å². The lowest BCUT2D eigenvalue weighted by atomic mass is 9.69. The predicted octanol–water partition coefficient (Wildman–Crippen LogP) is 5.25. The molecule has 2 fully saturated rings. The van der Waals surface area contributed by atoms with Crippen molar-refractivity contribution in [2.45, 2.75) is 55.0 Å². The molecule has 0 spiro atoms. The van der Waals surface area contributed by atoms with Gasteiger partial charge in [0.2, 0.25) is 0 Å². The number of aryl methyl sites for hydroxylation is 1. The van der Waals surface area contributed by atoms with Gasteiger partial charge in [0.15, 0.2) is 21.5 Å². The molecule has 2 aromatic carbocycles. The van der Waals surface area contributed by atoms with E-state index in [1.807, 2.05) is 13.8 Å². The number of aliphatic hydroxyl groups excluding tert-OH is 1. The monoisotopic (exact) mass is 590 g/mol. The summed E-state index contributed by atoms with van der Waals surface area (Å²) in [5, 5.41) is 24.5. The molecule has 1 unspecified atom stereocenters. The highest BCUT2D eigenvalue weighted by molar-refractivity contribution is 7.92. The van der Waals surface area contributed by atoms with Gasteiger partial charge in [0.1, 0.15) is 11.7 Å². The van der Waals surface area contributed by atoms with E-state index in [9.17, 15) is 32.2 Å². The van der Waals surface area contributed by atoms with Crippen molar-refractivity contribution in [2.24, 2.45) is 17.8 Å². The minimum absolute atomic E-state index is 0.00186. The molecule has 11 heteroatoms. The van der Waals surface area contributed by atoms with Crippen molar-refractivity contribution in [1.82, 2.24) is 4.98 Å². The third-order valence-electron chi connectivity index (χ3n) is 8.42. The molecule has 7 nitrogen and oxygen atoms in total. The van der Waals surface area contributed by atoms with Crippen molar-refractivity contribution in [3.63, 3.8) is 0 Å². The minimum Gasteiger partial charge on any atom is -0.386 e. The lowest BCUT2D eigenvalue weighted by Gasteiger charge is -2.45. The van der Waals surface area contributed by atoms with Crippen LogP contribution in [0.2, 0.25) is 5.02 Å². The van der Waals surface area contributed by atoms with Crippen molar-refractivity contribution in [3.8, 4) is 0 Å². The highest BCUT2D eigenvalue weighted by Gasteiger charge is 2.62. The number of anilines is 1. The summed E-state index contributed by atoms with van der Waals surface area (Å²) >= 11 is 6.32. The highest BCUT2D eigenvalue weighted by atomic mass is 35.5. The number of benzene rings is 2. The van der Waals surface area contributed by atoms with E-state index >= 15 is 0 Å². The number of carbonyl (C=O) groups excluding carboxylic acids is 1. The van der Waals surface area contributed by atoms with Crippen molar-refractivity contribution >= 4 is 33.0 Å². The summed E-state index contributed by atoms with van der Waals surface area (Å²) in [6.07, 6.45) is 1.08. The average molecular weight is 591 g/mol. The number of pyridine rings is 1. The molecule has 3 N–H and O–H groups in total. The Morgan fingerprint density at radius 2 is 1.85 bits per heavy atom. The zero-order chi connectivity index (χ0) is 29.0. The van der Waals surface area contributed by atoms with Crippen molar-refractivity contribution in [3.05, 3.63) is 88.2 Å². The Morgan fingerprint density at radius 1 is 1.10 bits per heavy atom. The number of carbonyl (C=O) groups is 1. The molecule has 2 aliphatic rings. The van der Waals surface area contributed by atoms with E-state index in [0.29, 0.717) is 12.1 Å². The van der Waals surface area contributed by atoms with Gasteiger partial charge in [-0.3, -0.25) is 9.78 Å². The van der Waals surface area contributed by atoms with Crippen LogP contribution in [0.1, 0.15) is 53.9 Å². The normalized spacial score (nSPS) is 26.9. The van der Waals surface area contributed by atoms with Crippen molar-refractivity contribution < 1.29 is 32.2 Å². The van der Waals surface area contributed by atoms with Crippen LogP contribution in [0.4, 0.5) is 14.5 Å². The quantitative estimate of drug-likeness (QED) is 0.361. The minimum atomic E-state index is -4.06. The molecule has 2 bridgehead atoms. The van der Waals surface area contributed by atoms with Gasteiger partial charge in [-0.05, 0) is 85.9 Å². The number of nitrogens with zero attached hydrogens (tertiary/aromatic N) is 1. The van der Waals surface area contributed by atoms with Gasteiger partial charge in [0.25, 0.3) is 5.91 Å². The lowest BCUT2D eigenvalue weighted by Crippen LogP contribution is -2.52. The van der Waals surface area contributed by atoms with Crippen LogP contribution in [0.3, 0.4) is 0 Å². The molecular formula is C29H29ClF2N2O5S. The maximum absolute atomic E-state index is 13.9. The van der Waals surface area contributed by atoms with Gasteiger partial charge in [0, 0.05) is 23.5 Å². The summed E-state index contributed by atoms with van der Waals surface area (Å²) in [6, 6.07) is 10.2. The first-order chi connectivity index (χ1) is 18.8. The molecular weight excluding hydrogens is 562 g/mol. The predicted molar refractivity (Wildman–Crippen MR) is 146 cm³/mol. The SMILES string of the molecule is Cc1ccc(C(O)[C@@]2(O)[C@H]3C[C@@H](S(=O)(=O)c4cc(C(=O)Nc5ccc(F)c(F)c5)ccc4Cl)C[C@@H]2[C@@H](C)C3)nc1. The standard InChI is InChI=1S/C29H29ClF2N2O5S/c1-15-3-8-25(33-14-15)27(35)29(37)18-9-16(2)21(29)13-20(11-18)40(38,39)26-10-17(4-6-22(26)30)28(36)34-19-5-7-23(31)24(32)12-19/h3-8,10,12,14,16,18,20-21,27,35,37H,9,11,13H2,1-2H3,(H,34,36)/t16-,18+,20+,21+,27?,29+/m0/s1. The van der Waals surface area contributed by atoms with Crippen LogP contribution in [-0.4, -0.2) is 40.4 Å². The van der Waals surface area contributed by atoms with Gasteiger partial charge < -0.3 is 15.5 Å². The number of rotatable bonds is 6. The largest absolute Gasteiger partial charge is 0.386 e. The Balaban J connectivity index is 1.41. The van der Waals surface area contributed by atoms with Gasteiger partial charge >= 0.3 is 0 Å². The summed E-state index contributed by atoms with van der Waals surface area (Å²) in [5.74, 6) is -3.98. The van der Waals surface area contributed by atoms with Crippen molar-refractivity contribution in [2.75, 3.05) is 5.32 Å². The molecule has 0 saturated heterocycles. The number of aliphatic hydroxyl groups is 2. The third-order valence-corrected chi connectivity index (χ3v) is 11.1. The summed E-state index contributed by atoms with van der Waals surface area (Å²) in [4.78, 5) is 16.9. The number of amides is 1. The van der Waals surface area contributed by atoms with E-state index in [2.05, 4.69) is 10.3 Å². The molecule has 2 aliphatic carbocycles. The van der Waals surface area contributed by atoms with E-state index in [4.69, 9.17) is 11.6 Å². The van der Waals surface area contributed by atoms with Gasteiger partial charge in [-0.25, -0.2) is 17.2 Å². The Morgan fingerprint density at radius 3 is 2.50 bits per heavy atom. The maximum Gasteiger partial charge on any atom is 0.255 e. The summed E-state index contributed by atoms with van der Waals surface area (Å²) in [6.45, 7) is 3.81. The fraction of sp³-hybridized carbons (Fsp3) is 0.379. The van der Waals surface area contributed by atoms with Crippen LogP contribution in [0.5, 0.6) is 0 Å². The second-order valence-electron chi connectivity index (χ2n) is 10.9. The highest BCUT2D eigenvalue weighted by Crippen LogP contribution is 2.58. The Kier molecular flexibility index (Phi) is 7.50. The number of sulfone groups is 1. The first-order valence-corrected chi connectivity index (χ1v) is 14.9. The van der Waals surface area contributed by atoms with Gasteiger partial charge in [-0.1, -0.05) is 24.6 Å². The molecule has 40 heavy (non-hydrogen) atoms. The number of halogens is 3. The molecule has 6 atom stereocenters. The zero-order valence-corrected chi connectivity index (χ0v) is 23.4. The molecule has 1 aromatic heterocycles. The summed E-state index contributed by atoms with van der Waals surface area (Å²) < 4.78 is 54.6. The zero-order valence-electron chi connectivity index (χ0n) is 21.8. The van der Waals surface area contributed by atoms with E-state index in [1.165, 1.54) is 24.3 Å². The van der Waals surface area contributed by atoms with Gasteiger partial charge in [0.05, 0.1) is 20.9 Å². The van der Waals surface area contributed by atoms with Gasteiger partial charge in [-0.2, -0.15) is 0 Å². The first kappa shape index (κ1) is 28.6. The maximum atomic E-state index is 13.9.